The van der Waals surface area contributed by atoms with Crippen molar-refractivity contribution >= 4 is 43.5 Å². The van der Waals surface area contributed by atoms with Gasteiger partial charge in [0.2, 0.25) is 0 Å². The maximum absolute atomic E-state index is 14.1. The van der Waals surface area contributed by atoms with E-state index in [1.54, 1.807) is 0 Å². The number of pyridine rings is 1. The van der Waals surface area contributed by atoms with Crippen molar-refractivity contribution in [2.24, 2.45) is 0 Å². The van der Waals surface area contributed by atoms with Gasteiger partial charge in [-0.15, -0.1) is 0 Å². The Morgan fingerprint density at radius 2 is 0.731 bits per heavy atom. The summed E-state index contributed by atoms with van der Waals surface area (Å²) in [6.45, 7) is 0. The van der Waals surface area contributed by atoms with E-state index >= 15 is 0 Å². The number of hydrogen-bond acceptors (Lipinski definition) is 1. The van der Waals surface area contributed by atoms with Crippen LogP contribution < -0.4 is 5.56 Å². The fourth-order valence-electron chi connectivity index (χ4n) is 7.88. The molecule has 3 heteroatoms. The number of fused-ring (bicyclic) bond motifs is 6. The zero-order valence-corrected chi connectivity index (χ0v) is 28.3. The van der Waals surface area contributed by atoms with Crippen molar-refractivity contribution in [2.75, 3.05) is 0 Å². The van der Waals surface area contributed by atoms with Gasteiger partial charge in [0, 0.05) is 27.2 Å². The van der Waals surface area contributed by atoms with Gasteiger partial charge in [0.1, 0.15) is 0 Å². The second-order valence-corrected chi connectivity index (χ2v) is 13.3. The molecule has 0 spiro atoms. The Bertz CT molecular complexity index is 2970. The SMILES string of the molecule is O=c1c2ccccc2c2ccccc2n1-c1ccc2c(c1)c1ccccc1n2-c1cccc(-c2cc(-c3ccccc3)cc(-c3ccccc3)c2)c1. The molecule has 0 aliphatic carbocycles. The molecule has 0 saturated carbocycles. The lowest BCUT2D eigenvalue weighted by molar-refractivity contribution is 1.06. The van der Waals surface area contributed by atoms with Crippen LogP contribution in [0.5, 0.6) is 0 Å². The average molecular weight is 665 g/mol. The van der Waals surface area contributed by atoms with E-state index in [1.165, 1.54) is 22.3 Å². The quantitative estimate of drug-likeness (QED) is 0.168. The molecule has 0 N–H and O–H groups in total. The van der Waals surface area contributed by atoms with Crippen LogP contribution in [0.25, 0.3) is 88.2 Å². The summed E-state index contributed by atoms with van der Waals surface area (Å²) in [5.41, 5.74) is 12.1. The van der Waals surface area contributed by atoms with Gasteiger partial charge in [0.25, 0.3) is 5.56 Å². The van der Waals surface area contributed by atoms with Gasteiger partial charge in [-0.2, -0.15) is 0 Å². The Morgan fingerprint density at radius 3 is 1.38 bits per heavy atom. The van der Waals surface area contributed by atoms with Gasteiger partial charge in [0.15, 0.2) is 0 Å². The van der Waals surface area contributed by atoms with Gasteiger partial charge in [-0.3, -0.25) is 9.36 Å². The highest BCUT2D eigenvalue weighted by Crippen LogP contribution is 2.37. The van der Waals surface area contributed by atoms with Crippen molar-refractivity contribution in [2.45, 2.75) is 0 Å². The Hall–Kier alpha value is -6.97. The summed E-state index contributed by atoms with van der Waals surface area (Å²) in [5.74, 6) is 0. The Labute approximate surface area is 300 Å². The van der Waals surface area contributed by atoms with Crippen LogP contribution in [-0.2, 0) is 0 Å². The van der Waals surface area contributed by atoms with E-state index in [4.69, 9.17) is 0 Å². The number of hydrogen-bond donors (Lipinski definition) is 0. The van der Waals surface area contributed by atoms with Gasteiger partial charge >= 0.3 is 0 Å². The predicted molar refractivity (Wildman–Crippen MR) is 218 cm³/mol. The normalized spacial score (nSPS) is 11.5. The molecule has 52 heavy (non-hydrogen) atoms. The second-order valence-electron chi connectivity index (χ2n) is 13.3. The lowest BCUT2D eigenvalue weighted by atomic mass is 9.93. The Balaban J connectivity index is 1.16. The molecular formula is C49H32N2O. The van der Waals surface area contributed by atoms with Gasteiger partial charge in [0.05, 0.1) is 22.2 Å². The molecule has 2 aromatic heterocycles. The third-order valence-electron chi connectivity index (χ3n) is 10.3. The predicted octanol–water partition coefficient (Wildman–Crippen LogP) is 12.2. The molecule has 0 radical (unpaired) electrons. The highest BCUT2D eigenvalue weighted by molar-refractivity contribution is 6.11. The van der Waals surface area contributed by atoms with Crippen molar-refractivity contribution in [3.05, 3.63) is 204 Å². The van der Waals surface area contributed by atoms with Crippen molar-refractivity contribution < 1.29 is 0 Å². The molecule has 2 heterocycles. The first kappa shape index (κ1) is 29.9. The molecule has 10 rings (SSSR count). The standard InChI is InChI=1S/C49H32N2O/c52-49-44-23-8-7-20-41(44)42-21-9-12-25-47(42)51(49)40-26-27-48-45(32-40)43-22-10-11-24-46(43)50(48)39-19-13-18-35(31-39)38-29-36(33-14-3-1-4-15-33)28-37(30-38)34-16-5-2-6-17-34/h1-32H. The van der Waals surface area contributed by atoms with E-state index in [2.05, 4.69) is 156 Å². The molecule has 0 aliphatic heterocycles. The summed E-state index contributed by atoms with van der Waals surface area (Å²) >= 11 is 0. The molecule has 0 bridgehead atoms. The van der Waals surface area contributed by atoms with Gasteiger partial charge in [-0.25, -0.2) is 0 Å². The third-order valence-corrected chi connectivity index (χ3v) is 10.3. The van der Waals surface area contributed by atoms with Crippen molar-refractivity contribution in [1.82, 2.24) is 9.13 Å². The smallest absolute Gasteiger partial charge is 0.263 e. The van der Waals surface area contributed by atoms with Gasteiger partial charge < -0.3 is 4.57 Å². The highest BCUT2D eigenvalue weighted by Gasteiger charge is 2.17. The monoisotopic (exact) mass is 664 g/mol. The minimum atomic E-state index is -0.0160. The van der Waals surface area contributed by atoms with Crippen molar-refractivity contribution in [3.63, 3.8) is 0 Å². The van der Waals surface area contributed by atoms with Crippen LogP contribution >= 0.6 is 0 Å². The fourth-order valence-corrected chi connectivity index (χ4v) is 7.88. The first-order chi connectivity index (χ1) is 25.7. The van der Waals surface area contributed by atoms with Gasteiger partial charge in [-0.05, 0) is 105 Å². The lowest BCUT2D eigenvalue weighted by Crippen LogP contribution is -2.19. The number of benzene rings is 8. The first-order valence-electron chi connectivity index (χ1n) is 17.6. The number of nitrogens with zero attached hydrogens (tertiary/aromatic N) is 2. The molecule has 0 amide bonds. The molecule has 8 aromatic carbocycles. The molecule has 0 atom stereocenters. The van der Waals surface area contributed by atoms with Crippen molar-refractivity contribution in [3.8, 4) is 44.8 Å². The summed E-state index contributed by atoms with van der Waals surface area (Å²) in [4.78, 5) is 14.1. The number of aromatic nitrogens is 2. The van der Waals surface area contributed by atoms with Crippen LogP contribution in [-0.4, -0.2) is 9.13 Å². The van der Waals surface area contributed by atoms with E-state index in [1.807, 2.05) is 47.0 Å². The second kappa shape index (κ2) is 12.1. The average Bonchev–Trinajstić information content (AvgIpc) is 3.55. The Morgan fingerprint density at radius 1 is 0.269 bits per heavy atom. The fraction of sp³-hybridized carbons (Fsp3) is 0. The van der Waals surface area contributed by atoms with E-state index in [-0.39, 0.29) is 5.56 Å². The van der Waals surface area contributed by atoms with Crippen LogP contribution in [0, 0.1) is 0 Å². The molecule has 0 unspecified atom stereocenters. The van der Waals surface area contributed by atoms with Crippen LogP contribution in [0.1, 0.15) is 0 Å². The maximum atomic E-state index is 14.1. The summed E-state index contributed by atoms with van der Waals surface area (Å²) in [6, 6.07) is 67.9. The van der Waals surface area contributed by atoms with Crippen LogP contribution in [0.4, 0.5) is 0 Å². The van der Waals surface area contributed by atoms with Crippen LogP contribution in [0.2, 0.25) is 0 Å². The minimum Gasteiger partial charge on any atom is -0.309 e. The lowest BCUT2D eigenvalue weighted by Gasteiger charge is -2.15. The molecular weight excluding hydrogens is 633 g/mol. The number of rotatable bonds is 5. The Kier molecular flexibility index (Phi) is 6.97. The molecule has 10 aromatic rings. The number of para-hydroxylation sites is 2. The summed E-state index contributed by atoms with van der Waals surface area (Å²) in [7, 11) is 0. The minimum absolute atomic E-state index is 0.0160. The summed E-state index contributed by atoms with van der Waals surface area (Å²) in [5, 5.41) is 4.98. The molecule has 0 saturated heterocycles. The summed E-state index contributed by atoms with van der Waals surface area (Å²) in [6.07, 6.45) is 0. The molecule has 0 fully saturated rings. The molecule has 3 nitrogen and oxygen atoms in total. The van der Waals surface area contributed by atoms with Gasteiger partial charge in [-0.1, -0.05) is 127 Å². The van der Waals surface area contributed by atoms with E-state index in [9.17, 15) is 4.79 Å². The largest absolute Gasteiger partial charge is 0.309 e. The zero-order valence-electron chi connectivity index (χ0n) is 28.3. The van der Waals surface area contributed by atoms with Crippen LogP contribution in [0.3, 0.4) is 0 Å². The van der Waals surface area contributed by atoms with E-state index in [0.29, 0.717) is 5.39 Å². The first-order valence-corrected chi connectivity index (χ1v) is 17.6. The highest BCUT2D eigenvalue weighted by atomic mass is 16.1. The molecule has 0 aliphatic rings. The zero-order chi connectivity index (χ0) is 34.6. The van der Waals surface area contributed by atoms with Crippen molar-refractivity contribution in [1.29, 1.82) is 0 Å². The molecule has 244 valence electrons. The topological polar surface area (TPSA) is 26.9 Å². The van der Waals surface area contributed by atoms with E-state index in [0.717, 1.165) is 60.6 Å². The van der Waals surface area contributed by atoms with Crippen LogP contribution in [0.15, 0.2) is 199 Å². The maximum Gasteiger partial charge on any atom is 0.263 e. The summed E-state index contributed by atoms with van der Waals surface area (Å²) < 4.78 is 4.21. The van der Waals surface area contributed by atoms with E-state index < -0.39 is 0 Å². The third kappa shape index (κ3) is 4.86.